The first kappa shape index (κ1) is 25.7. The quantitative estimate of drug-likeness (QED) is 0.307. The van der Waals surface area contributed by atoms with Crippen LogP contribution in [0.4, 0.5) is 19.0 Å². The van der Waals surface area contributed by atoms with Crippen molar-refractivity contribution in [3.05, 3.63) is 59.9 Å². The number of alkyl halides is 3. The predicted octanol–water partition coefficient (Wildman–Crippen LogP) is 4.78. The van der Waals surface area contributed by atoms with Gasteiger partial charge in [-0.15, -0.1) is 13.2 Å². The van der Waals surface area contributed by atoms with Gasteiger partial charge in [-0.1, -0.05) is 11.2 Å². The number of hydrogen-bond acceptors (Lipinski definition) is 8. The number of anilines is 1. The van der Waals surface area contributed by atoms with Gasteiger partial charge >= 0.3 is 6.36 Å². The van der Waals surface area contributed by atoms with Gasteiger partial charge in [0.2, 0.25) is 5.82 Å². The van der Waals surface area contributed by atoms with Crippen LogP contribution in [0.3, 0.4) is 0 Å². The molecule has 1 saturated heterocycles. The summed E-state index contributed by atoms with van der Waals surface area (Å²) < 4.78 is 48.2. The van der Waals surface area contributed by atoms with Gasteiger partial charge in [0.1, 0.15) is 11.6 Å². The molecule has 1 aliphatic heterocycles. The SMILES string of the molecule is Cc1cc(-c2nc(-c3ccc(OC(F)(F)F)cc3)no2)nn1Cc1ccc(N(C)CCN2CCCC2)nc1. The zero-order chi connectivity index (χ0) is 26.7. The number of pyridine rings is 1. The first-order chi connectivity index (χ1) is 18.2. The molecule has 0 atom stereocenters. The van der Waals surface area contributed by atoms with Crippen LogP contribution in [0.1, 0.15) is 24.1 Å². The van der Waals surface area contributed by atoms with E-state index in [9.17, 15) is 13.2 Å². The van der Waals surface area contributed by atoms with E-state index in [1.807, 2.05) is 36.0 Å². The minimum Gasteiger partial charge on any atom is -0.406 e. The highest BCUT2D eigenvalue weighted by Crippen LogP contribution is 2.27. The Kier molecular flexibility index (Phi) is 7.32. The largest absolute Gasteiger partial charge is 0.573 e. The number of likely N-dealkylation sites (N-methyl/N-ethyl adjacent to an activating group) is 1. The summed E-state index contributed by atoms with van der Waals surface area (Å²) in [6.45, 7) is 6.81. The van der Waals surface area contributed by atoms with Gasteiger partial charge in [0.25, 0.3) is 5.89 Å². The van der Waals surface area contributed by atoms with E-state index >= 15 is 0 Å². The molecule has 1 fully saturated rings. The Morgan fingerprint density at radius 3 is 2.53 bits per heavy atom. The van der Waals surface area contributed by atoms with Crippen molar-refractivity contribution in [3.8, 4) is 28.7 Å². The summed E-state index contributed by atoms with van der Waals surface area (Å²) in [5, 5.41) is 8.54. The van der Waals surface area contributed by atoms with E-state index in [2.05, 4.69) is 41.8 Å². The van der Waals surface area contributed by atoms with Crippen LogP contribution in [0.15, 0.2) is 53.2 Å². The van der Waals surface area contributed by atoms with Gasteiger partial charge in [0.05, 0.1) is 6.54 Å². The summed E-state index contributed by atoms with van der Waals surface area (Å²) in [7, 11) is 2.06. The van der Waals surface area contributed by atoms with Crippen molar-refractivity contribution in [1.29, 1.82) is 0 Å². The first-order valence-corrected chi connectivity index (χ1v) is 12.4. The molecule has 0 radical (unpaired) electrons. The number of ether oxygens (including phenoxy) is 1. The van der Waals surface area contributed by atoms with E-state index < -0.39 is 6.36 Å². The second-order valence-electron chi connectivity index (χ2n) is 9.32. The maximum Gasteiger partial charge on any atom is 0.573 e. The fourth-order valence-electron chi connectivity index (χ4n) is 4.35. The third kappa shape index (κ3) is 6.31. The Morgan fingerprint density at radius 2 is 1.84 bits per heavy atom. The number of aryl methyl sites for hydroxylation is 1. The fraction of sp³-hybridized carbons (Fsp3) is 0.385. The number of rotatable bonds is 9. The zero-order valence-electron chi connectivity index (χ0n) is 21.1. The molecule has 0 N–H and O–H groups in total. The normalized spacial score (nSPS) is 14.2. The van der Waals surface area contributed by atoms with Crippen LogP contribution in [0, 0.1) is 6.92 Å². The summed E-state index contributed by atoms with van der Waals surface area (Å²) in [5.74, 6) is 1.06. The molecular weight excluding hydrogens is 499 g/mol. The molecule has 0 aliphatic carbocycles. The molecular formula is C26H28F3N7O2. The van der Waals surface area contributed by atoms with Crippen LogP contribution >= 0.6 is 0 Å². The minimum absolute atomic E-state index is 0.213. The predicted molar refractivity (Wildman–Crippen MR) is 135 cm³/mol. The molecule has 4 heterocycles. The van der Waals surface area contributed by atoms with Crippen molar-refractivity contribution in [1.82, 2.24) is 29.8 Å². The Morgan fingerprint density at radius 1 is 1.08 bits per heavy atom. The van der Waals surface area contributed by atoms with Crippen LogP contribution in [0.2, 0.25) is 0 Å². The Balaban J connectivity index is 1.21. The summed E-state index contributed by atoms with van der Waals surface area (Å²) in [6, 6.07) is 11.2. The van der Waals surface area contributed by atoms with Crippen LogP contribution < -0.4 is 9.64 Å². The third-order valence-corrected chi connectivity index (χ3v) is 6.46. The van der Waals surface area contributed by atoms with Crippen molar-refractivity contribution in [2.75, 3.05) is 38.1 Å². The van der Waals surface area contributed by atoms with Gasteiger partial charge in [-0.25, -0.2) is 4.98 Å². The van der Waals surface area contributed by atoms with Gasteiger partial charge in [-0.05, 0) is 74.8 Å². The van der Waals surface area contributed by atoms with Crippen LogP contribution in [-0.2, 0) is 6.54 Å². The van der Waals surface area contributed by atoms with Gasteiger partial charge < -0.3 is 19.1 Å². The van der Waals surface area contributed by atoms with Crippen molar-refractivity contribution in [2.45, 2.75) is 32.7 Å². The van der Waals surface area contributed by atoms with E-state index in [0.717, 1.165) is 30.2 Å². The second kappa shape index (κ2) is 10.8. The lowest BCUT2D eigenvalue weighted by molar-refractivity contribution is -0.274. The van der Waals surface area contributed by atoms with Gasteiger partial charge in [0, 0.05) is 37.6 Å². The Hall–Kier alpha value is -3.93. The lowest BCUT2D eigenvalue weighted by Gasteiger charge is -2.22. The smallest absolute Gasteiger partial charge is 0.406 e. The first-order valence-electron chi connectivity index (χ1n) is 12.4. The van der Waals surface area contributed by atoms with E-state index in [1.54, 1.807) is 0 Å². The molecule has 0 amide bonds. The standard InChI is InChI=1S/C26H28F3N7O2/c1-18-15-22(25-31-24(33-38-25)20-6-8-21(9-7-20)37-26(27,28)29)32-36(18)17-19-5-10-23(30-16-19)34(2)13-14-35-11-3-4-12-35/h5-10,15-16H,3-4,11-14,17H2,1-2H3. The number of benzene rings is 1. The molecule has 200 valence electrons. The zero-order valence-corrected chi connectivity index (χ0v) is 21.1. The monoisotopic (exact) mass is 527 g/mol. The average molecular weight is 528 g/mol. The fourth-order valence-corrected chi connectivity index (χ4v) is 4.35. The molecule has 38 heavy (non-hydrogen) atoms. The Labute approximate surface area is 217 Å². The molecule has 0 saturated carbocycles. The lowest BCUT2D eigenvalue weighted by atomic mass is 10.2. The number of hydrogen-bond donors (Lipinski definition) is 0. The number of halogens is 3. The van der Waals surface area contributed by atoms with Crippen LogP contribution in [0.25, 0.3) is 23.0 Å². The second-order valence-corrected chi connectivity index (χ2v) is 9.32. The molecule has 1 aliphatic rings. The molecule has 9 nitrogen and oxygen atoms in total. The number of likely N-dealkylation sites (tertiary alicyclic amines) is 1. The van der Waals surface area contributed by atoms with Crippen molar-refractivity contribution >= 4 is 5.82 Å². The topological polar surface area (TPSA) is 85.3 Å². The van der Waals surface area contributed by atoms with Crippen molar-refractivity contribution < 1.29 is 22.4 Å². The molecule has 5 rings (SSSR count). The third-order valence-electron chi connectivity index (χ3n) is 6.46. The van der Waals surface area contributed by atoms with Gasteiger partial charge in [0.15, 0.2) is 5.69 Å². The summed E-state index contributed by atoms with van der Waals surface area (Å²) in [5.41, 5.74) is 2.90. The van der Waals surface area contributed by atoms with Gasteiger partial charge in [-0.3, -0.25) is 4.68 Å². The van der Waals surface area contributed by atoms with Crippen LogP contribution in [-0.4, -0.2) is 69.4 Å². The highest BCUT2D eigenvalue weighted by molar-refractivity contribution is 5.59. The summed E-state index contributed by atoms with van der Waals surface area (Å²) >= 11 is 0. The summed E-state index contributed by atoms with van der Waals surface area (Å²) in [4.78, 5) is 13.6. The highest BCUT2D eigenvalue weighted by atomic mass is 19.4. The van der Waals surface area contributed by atoms with E-state index in [0.29, 0.717) is 17.8 Å². The van der Waals surface area contributed by atoms with Gasteiger partial charge in [-0.2, -0.15) is 10.1 Å². The molecule has 0 bridgehead atoms. The minimum atomic E-state index is -4.75. The van der Waals surface area contributed by atoms with Crippen molar-refractivity contribution in [2.24, 2.45) is 0 Å². The average Bonchev–Trinajstić information content (AvgIpc) is 3.65. The molecule has 0 unspecified atom stereocenters. The Bertz CT molecular complexity index is 1340. The number of nitrogens with zero attached hydrogens (tertiary/aromatic N) is 7. The molecule has 0 spiro atoms. The van der Waals surface area contributed by atoms with E-state index in [-0.39, 0.29) is 17.5 Å². The highest BCUT2D eigenvalue weighted by Gasteiger charge is 2.31. The maximum absolute atomic E-state index is 12.4. The lowest BCUT2D eigenvalue weighted by Crippen LogP contribution is -2.31. The molecule has 1 aromatic carbocycles. The van der Waals surface area contributed by atoms with Crippen molar-refractivity contribution in [3.63, 3.8) is 0 Å². The van der Waals surface area contributed by atoms with E-state index in [4.69, 9.17) is 4.52 Å². The molecule has 12 heteroatoms. The van der Waals surface area contributed by atoms with E-state index in [1.165, 1.54) is 50.2 Å². The molecule has 3 aromatic heterocycles. The molecule has 4 aromatic rings. The number of aromatic nitrogens is 5. The summed E-state index contributed by atoms with van der Waals surface area (Å²) in [6.07, 6.45) is -0.313. The maximum atomic E-state index is 12.4. The van der Waals surface area contributed by atoms with Crippen LogP contribution in [0.5, 0.6) is 5.75 Å².